The number of ether oxygens (including phenoxy) is 5. The minimum atomic E-state index is -0.903. The maximum absolute atomic E-state index is 13.7. The van der Waals surface area contributed by atoms with Crippen molar-refractivity contribution in [3.05, 3.63) is 57.7 Å². The largest absolute Gasteiger partial charge is 0.493 e. The van der Waals surface area contributed by atoms with E-state index in [9.17, 15) is 14.9 Å². The zero-order valence-electron chi connectivity index (χ0n) is 32.1. The van der Waals surface area contributed by atoms with Crippen molar-refractivity contribution in [3.8, 4) is 29.1 Å². The maximum atomic E-state index is 13.7. The van der Waals surface area contributed by atoms with Gasteiger partial charge in [0.25, 0.3) is 0 Å². The number of nitriles is 1. The number of carbonyl (C=O) groups is 2. The number of nitrogens with one attached hydrogen (secondary N) is 2. The highest BCUT2D eigenvalue weighted by Gasteiger charge is 2.57. The second-order valence-electron chi connectivity index (χ2n) is 15.1. The first-order chi connectivity index (χ1) is 25.3. The lowest BCUT2D eigenvalue weighted by molar-refractivity contribution is -0.195. The number of nitrogens with zero attached hydrogens (tertiary/aromatic N) is 3. The molecule has 4 heterocycles. The zero-order valence-corrected chi connectivity index (χ0v) is 32.1. The molecule has 2 bridgehead atoms. The Kier molecular flexibility index (Phi) is 10.8. The Morgan fingerprint density at radius 1 is 1.11 bits per heavy atom. The van der Waals surface area contributed by atoms with Gasteiger partial charge < -0.3 is 39.2 Å². The first-order valence-corrected chi connectivity index (χ1v) is 18.0. The quantitative estimate of drug-likeness (QED) is 0.190. The topological polar surface area (TPSA) is 153 Å². The number of fused-ring (bicyclic) bond motifs is 9. The van der Waals surface area contributed by atoms with Crippen LogP contribution in [-0.4, -0.2) is 92.8 Å². The molecule has 53 heavy (non-hydrogen) atoms. The molecule has 1 fully saturated rings. The summed E-state index contributed by atoms with van der Waals surface area (Å²) in [6, 6.07) is 2.01. The Bertz CT molecular complexity index is 1820. The highest BCUT2D eigenvalue weighted by molar-refractivity contribution is 5.85. The van der Waals surface area contributed by atoms with Gasteiger partial charge in [0.15, 0.2) is 24.0 Å². The predicted octanol–water partition coefficient (Wildman–Crippen LogP) is 4.48. The van der Waals surface area contributed by atoms with E-state index in [-0.39, 0.29) is 44.7 Å². The van der Waals surface area contributed by atoms with Crippen molar-refractivity contribution in [1.82, 2.24) is 20.4 Å². The predicted molar refractivity (Wildman–Crippen MR) is 194 cm³/mol. The number of piperazine rings is 1. The molecule has 0 aromatic heterocycles. The van der Waals surface area contributed by atoms with Crippen LogP contribution in [0.2, 0.25) is 0 Å². The normalized spacial score (nSPS) is 23.5. The average molecular weight is 734 g/mol. The first kappa shape index (κ1) is 38.2. The van der Waals surface area contributed by atoms with Crippen LogP contribution in [0.4, 0.5) is 4.79 Å². The summed E-state index contributed by atoms with van der Waals surface area (Å²) in [4.78, 5) is 42.2. The van der Waals surface area contributed by atoms with E-state index in [2.05, 4.69) is 46.2 Å². The number of amides is 2. The molecule has 14 heteroatoms. The Balaban J connectivity index is 1.50. The summed E-state index contributed by atoms with van der Waals surface area (Å²) in [6.07, 6.45) is 2.08. The summed E-state index contributed by atoms with van der Waals surface area (Å²) >= 11 is 0. The molecule has 2 unspecified atom stereocenters. The third-order valence-corrected chi connectivity index (χ3v) is 10.6. The van der Waals surface area contributed by atoms with Crippen LogP contribution in [0.3, 0.4) is 0 Å². The number of hydrogen-bond acceptors (Lipinski definition) is 12. The van der Waals surface area contributed by atoms with Crippen LogP contribution < -0.4 is 29.7 Å². The fraction of sp³-hybridized carbons (Fsp3) is 0.564. The van der Waals surface area contributed by atoms with Gasteiger partial charge in [-0.3, -0.25) is 14.6 Å². The Morgan fingerprint density at radius 2 is 1.87 bits per heavy atom. The number of likely N-dealkylation sites (N-methyl/N-ethyl adjacent to an activating group) is 1. The maximum Gasteiger partial charge on any atom is 0.408 e. The van der Waals surface area contributed by atoms with Crippen molar-refractivity contribution in [2.45, 2.75) is 103 Å². The average Bonchev–Trinajstić information content (AvgIpc) is 3.59. The SMILES string of the molecule is C=CCOc1c(C)c2c(c3c1CC1[C@H]4c5c(cc(C)c(OC)c5OCOC)C[C@@H](C(C#N)N1[C@H]3CNC(=O)[C@H](C)NC(=O)OC(C)(C)C)N4C)OOC2. The molecular formula is C39H51N5O9. The molecule has 0 radical (unpaired) electrons. The van der Waals surface area contributed by atoms with Crippen LogP contribution in [0.15, 0.2) is 18.7 Å². The molecule has 2 aromatic rings. The van der Waals surface area contributed by atoms with Gasteiger partial charge in [0.05, 0.1) is 25.3 Å². The Hall–Kier alpha value is -4.55. The summed E-state index contributed by atoms with van der Waals surface area (Å²) < 4.78 is 29.4. The van der Waals surface area contributed by atoms with Crippen LogP contribution in [0.5, 0.6) is 23.0 Å². The van der Waals surface area contributed by atoms with Crippen LogP contribution in [0.25, 0.3) is 0 Å². The lowest BCUT2D eigenvalue weighted by Crippen LogP contribution is -2.69. The van der Waals surface area contributed by atoms with Crippen LogP contribution >= 0.6 is 0 Å². The molecule has 1 saturated heterocycles. The van der Waals surface area contributed by atoms with Gasteiger partial charge in [0, 0.05) is 53.6 Å². The van der Waals surface area contributed by atoms with Crippen LogP contribution in [-0.2, 0) is 38.6 Å². The van der Waals surface area contributed by atoms with Crippen LogP contribution in [0.1, 0.15) is 78.7 Å². The number of rotatable bonds is 11. The molecule has 6 rings (SSSR count). The molecule has 4 aliphatic heterocycles. The lowest BCUT2D eigenvalue weighted by atomic mass is 9.71. The second kappa shape index (κ2) is 15.1. The van der Waals surface area contributed by atoms with Crippen molar-refractivity contribution in [2.24, 2.45) is 0 Å². The molecule has 2 N–H and O–H groups in total. The van der Waals surface area contributed by atoms with Gasteiger partial charge >= 0.3 is 6.09 Å². The standard InChI is InChI=1S/C39H51N5O9/c1-11-12-49-34-21(3)25-18-51-53-35(25)31-24(34)15-27-32-30-23(13-20(2)33(48-10)36(30)50-19-47-9)14-26(43(32)8)28(16-40)44(27)29(31)17-41-37(45)22(4)42-38(46)52-39(5,6)7/h11,13,22,26-29,32H,1,12,14-15,17-19H2,2-10H3,(H,41,45)(H,42,46)/t22-,26-,27?,28?,29-,32-/m0/s1. The lowest BCUT2D eigenvalue weighted by Gasteiger charge is -2.60. The fourth-order valence-electron chi connectivity index (χ4n) is 8.53. The van der Waals surface area contributed by atoms with Crippen LogP contribution in [0, 0.1) is 25.2 Å². The third kappa shape index (κ3) is 6.87. The summed E-state index contributed by atoms with van der Waals surface area (Å²) in [7, 11) is 5.27. The first-order valence-electron chi connectivity index (χ1n) is 18.0. The van der Waals surface area contributed by atoms with Crippen molar-refractivity contribution in [1.29, 1.82) is 5.26 Å². The summed E-state index contributed by atoms with van der Waals surface area (Å²) in [5.74, 6) is 2.10. The van der Waals surface area contributed by atoms with Gasteiger partial charge in [0.1, 0.15) is 36.6 Å². The molecule has 0 saturated carbocycles. The molecule has 14 nitrogen and oxygen atoms in total. The van der Waals surface area contributed by atoms with E-state index >= 15 is 0 Å². The molecule has 6 atom stereocenters. The molecule has 0 aliphatic carbocycles. The minimum absolute atomic E-state index is 0.0243. The van der Waals surface area contributed by atoms with Gasteiger partial charge in [-0.25, -0.2) is 4.79 Å². The smallest absolute Gasteiger partial charge is 0.408 e. The molecule has 2 aromatic carbocycles. The van der Waals surface area contributed by atoms with Gasteiger partial charge in [0.2, 0.25) is 5.91 Å². The molecule has 0 spiro atoms. The van der Waals surface area contributed by atoms with E-state index in [1.54, 1.807) is 48.0 Å². The molecule has 286 valence electrons. The molecule has 2 amide bonds. The van der Waals surface area contributed by atoms with E-state index < -0.39 is 35.7 Å². The van der Waals surface area contributed by atoms with Gasteiger partial charge in [-0.2, -0.15) is 10.1 Å². The number of alkyl carbamates (subject to hydrolysis) is 1. The highest BCUT2D eigenvalue weighted by atomic mass is 17.2. The zero-order chi connectivity index (χ0) is 38.4. The number of methoxy groups -OCH3 is 2. The third-order valence-electron chi connectivity index (χ3n) is 10.6. The van der Waals surface area contributed by atoms with Crippen molar-refractivity contribution < 1.29 is 43.0 Å². The number of hydrogen-bond donors (Lipinski definition) is 2. The van der Waals surface area contributed by atoms with E-state index in [1.807, 2.05) is 13.8 Å². The molecular weight excluding hydrogens is 682 g/mol. The van der Waals surface area contributed by atoms with Gasteiger partial charge in [-0.15, -0.1) is 0 Å². The number of aryl methyl sites for hydroxylation is 1. The Labute approximate surface area is 311 Å². The van der Waals surface area contributed by atoms with Crippen molar-refractivity contribution >= 4 is 12.0 Å². The second-order valence-corrected chi connectivity index (χ2v) is 15.1. The number of benzene rings is 2. The van der Waals surface area contributed by atoms with E-state index in [0.29, 0.717) is 35.8 Å². The summed E-state index contributed by atoms with van der Waals surface area (Å²) in [5, 5.41) is 16.7. The minimum Gasteiger partial charge on any atom is -0.493 e. The van der Waals surface area contributed by atoms with Gasteiger partial charge in [-0.05, 0) is 72.6 Å². The monoisotopic (exact) mass is 733 g/mol. The van der Waals surface area contributed by atoms with Crippen molar-refractivity contribution in [3.63, 3.8) is 0 Å². The fourth-order valence-corrected chi connectivity index (χ4v) is 8.53. The molecule has 4 aliphatic rings. The Morgan fingerprint density at radius 3 is 2.53 bits per heavy atom. The van der Waals surface area contributed by atoms with E-state index in [1.165, 1.54) is 0 Å². The summed E-state index contributed by atoms with van der Waals surface area (Å²) in [5.41, 5.74) is 5.71. The van der Waals surface area contributed by atoms with E-state index in [4.69, 9.17) is 33.5 Å². The highest BCUT2D eigenvalue weighted by Crippen LogP contribution is 2.57. The summed E-state index contributed by atoms with van der Waals surface area (Å²) in [6.45, 7) is 15.4. The number of carbonyl (C=O) groups excluding carboxylic acids is 2. The van der Waals surface area contributed by atoms with Crippen molar-refractivity contribution in [2.75, 3.05) is 41.2 Å². The van der Waals surface area contributed by atoms with E-state index in [0.717, 1.165) is 38.9 Å². The van der Waals surface area contributed by atoms with Gasteiger partial charge in [-0.1, -0.05) is 18.7 Å².